The van der Waals surface area contributed by atoms with Gasteiger partial charge in [0.05, 0.1) is 0 Å². The molecule has 0 nitrogen and oxygen atoms in total. The SMILES string of the molecule is C/C=C(\c1cccc2c1CI(C(C)(CC)CCc1ccc(C)c(C)c1)C2)C1CCI(C(C)C2CCCC2)CC1. The Hall–Kier alpha value is -0.360. The average molecular weight is 753 g/mol. The van der Waals surface area contributed by atoms with Gasteiger partial charge in [-0.1, -0.05) is 0 Å². The number of alkyl halides is 6. The van der Waals surface area contributed by atoms with Gasteiger partial charge in [0.25, 0.3) is 0 Å². The fourth-order valence-electron chi connectivity index (χ4n) is 7.47. The Kier molecular flexibility index (Phi) is 10.3. The van der Waals surface area contributed by atoms with E-state index in [2.05, 4.69) is 84.0 Å². The summed E-state index contributed by atoms with van der Waals surface area (Å²) in [7, 11) is 0. The van der Waals surface area contributed by atoms with E-state index in [1.165, 1.54) is 64.9 Å². The van der Waals surface area contributed by atoms with Crippen molar-refractivity contribution in [3.05, 3.63) is 75.9 Å². The summed E-state index contributed by atoms with van der Waals surface area (Å²) in [5.74, 6) is 1.91. The van der Waals surface area contributed by atoms with Crippen LogP contribution < -0.4 is 0 Å². The Morgan fingerprint density at radius 1 is 1.00 bits per heavy atom. The van der Waals surface area contributed by atoms with Crippen LogP contribution in [-0.2, 0) is 15.3 Å². The molecule has 2 unspecified atom stereocenters. The number of benzene rings is 2. The summed E-state index contributed by atoms with van der Waals surface area (Å²) in [4.78, 5) is 0. The summed E-state index contributed by atoms with van der Waals surface area (Å²) in [6.07, 6.45) is 15.6. The van der Waals surface area contributed by atoms with Crippen molar-refractivity contribution >= 4 is 45.2 Å². The molecule has 2 aromatic rings. The van der Waals surface area contributed by atoms with Gasteiger partial charge in [0.15, 0.2) is 0 Å². The number of halogens is 2. The first-order valence-electron chi connectivity index (χ1n) is 15.9. The first-order chi connectivity index (χ1) is 18.8. The van der Waals surface area contributed by atoms with E-state index in [1.807, 2.05) is 0 Å². The summed E-state index contributed by atoms with van der Waals surface area (Å²) in [6.45, 7) is 14.7. The van der Waals surface area contributed by atoms with Gasteiger partial charge >= 0.3 is 257 Å². The topological polar surface area (TPSA) is 0 Å². The van der Waals surface area contributed by atoms with Crippen LogP contribution in [0.15, 0.2) is 42.5 Å². The Morgan fingerprint density at radius 3 is 2.41 bits per heavy atom. The second-order valence-electron chi connectivity index (χ2n) is 13.0. The minimum atomic E-state index is -1.16. The third-order valence-corrected chi connectivity index (χ3v) is 27.0. The van der Waals surface area contributed by atoms with E-state index in [0.717, 1.165) is 15.8 Å². The average Bonchev–Trinajstić information content (AvgIpc) is 3.65. The molecule has 3 aliphatic rings. The summed E-state index contributed by atoms with van der Waals surface area (Å²) in [6, 6.07) is 14.6. The van der Waals surface area contributed by atoms with Crippen LogP contribution in [0.5, 0.6) is 0 Å². The second-order valence-corrected chi connectivity index (χ2v) is 26.7. The molecule has 2 heterocycles. The van der Waals surface area contributed by atoms with Crippen LogP contribution in [0.3, 0.4) is 0 Å². The second kappa shape index (κ2) is 13.3. The molecule has 2 aromatic carbocycles. The van der Waals surface area contributed by atoms with Crippen molar-refractivity contribution in [1.82, 2.24) is 0 Å². The Bertz CT molecular complexity index is 1150. The van der Waals surface area contributed by atoms with E-state index in [9.17, 15) is 0 Å². The molecule has 0 spiro atoms. The maximum atomic E-state index is 2.67. The van der Waals surface area contributed by atoms with Crippen molar-refractivity contribution in [1.29, 1.82) is 0 Å². The molecule has 2 fully saturated rings. The zero-order valence-electron chi connectivity index (χ0n) is 25.7. The molecule has 1 saturated heterocycles. The predicted octanol–water partition coefficient (Wildman–Crippen LogP) is 11.5. The minimum absolute atomic E-state index is 0.551. The molecular formula is C37H54I2. The van der Waals surface area contributed by atoms with Crippen LogP contribution in [0.1, 0.15) is 112 Å². The van der Waals surface area contributed by atoms with E-state index in [4.69, 9.17) is 0 Å². The monoisotopic (exact) mass is 752 g/mol. The van der Waals surface area contributed by atoms with Crippen molar-refractivity contribution in [3.8, 4) is 0 Å². The van der Waals surface area contributed by atoms with E-state index in [0.29, 0.717) is 3.42 Å². The molecule has 0 aromatic heterocycles. The molecule has 5 rings (SSSR count). The summed E-state index contributed by atoms with van der Waals surface area (Å²) < 4.78 is 7.76. The molecule has 0 bridgehead atoms. The molecule has 0 radical (unpaired) electrons. The molecule has 0 N–H and O–H groups in total. The van der Waals surface area contributed by atoms with E-state index >= 15 is 0 Å². The van der Waals surface area contributed by atoms with E-state index in [-0.39, 0.29) is 0 Å². The van der Waals surface area contributed by atoms with Crippen molar-refractivity contribution < 1.29 is 0 Å². The quantitative estimate of drug-likeness (QED) is 0.177. The Balaban J connectivity index is 1.26. The van der Waals surface area contributed by atoms with Crippen LogP contribution in [0, 0.1) is 25.7 Å². The molecule has 216 valence electrons. The first-order valence-corrected chi connectivity index (χ1v) is 24.3. The molecule has 1 aliphatic carbocycles. The number of rotatable bonds is 9. The van der Waals surface area contributed by atoms with Crippen molar-refractivity contribution in [2.45, 2.75) is 116 Å². The number of hydrogen-bond donors (Lipinski definition) is 0. The standard InChI is InChI=1S/C37H54I2/c1-7-34(32-19-22-38(23-20-32)29(5)31-12-9-10-13-31)35-15-11-14-33-25-39(26-36(33)35)37(6,8-2)21-18-30-17-16-27(3)28(4)24-30/h7,11,14-17,24,29,31-32H,8-10,12-13,18-23,25-26H2,1-6H3/b34-7-. The van der Waals surface area contributed by atoms with Gasteiger partial charge in [-0.3, -0.25) is 0 Å². The Morgan fingerprint density at radius 2 is 1.74 bits per heavy atom. The van der Waals surface area contributed by atoms with Gasteiger partial charge in [-0.2, -0.15) is 0 Å². The summed E-state index contributed by atoms with van der Waals surface area (Å²) in [5, 5.41) is 0. The summed E-state index contributed by atoms with van der Waals surface area (Å²) >= 11 is -1.93. The van der Waals surface area contributed by atoms with Gasteiger partial charge < -0.3 is 0 Å². The van der Waals surface area contributed by atoms with Gasteiger partial charge in [-0.25, -0.2) is 0 Å². The van der Waals surface area contributed by atoms with Crippen LogP contribution in [0.25, 0.3) is 5.57 Å². The van der Waals surface area contributed by atoms with Gasteiger partial charge in [0, 0.05) is 0 Å². The van der Waals surface area contributed by atoms with Gasteiger partial charge in [0.1, 0.15) is 0 Å². The number of aryl methyl sites for hydroxylation is 3. The number of allylic oxidation sites excluding steroid dienone is 2. The Labute approximate surface area is 255 Å². The first kappa shape index (κ1) is 30.1. The summed E-state index contributed by atoms with van der Waals surface area (Å²) in [5.41, 5.74) is 11.3. The zero-order valence-corrected chi connectivity index (χ0v) is 30.0. The zero-order chi connectivity index (χ0) is 27.6. The molecule has 2 heteroatoms. The molecule has 1 saturated carbocycles. The van der Waals surface area contributed by atoms with Crippen molar-refractivity contribution in [3.63, 3.8) is 0 Å². The maximum absolute atomic E-state index is 2.67. The molecule has 0 amide bonds. The fraction of sp³-hybridized carbons (Fsp3) is 0.622. The van der Waals surface area contributed by atoms with Crippen LogP contribution in [-0.4, -0.2) is 16.2 Å². The number of fused-ring (bicyclic) bond motifs is 1. The van der Waals surface area contributed by atoms with Crippen molar-refractivity contribution in [2.75, 3.05) is 8.86 Å². The van der Waals surface area contributed by atoms with E-state index in [1.54, 1.807) is 49.5 Å². The molecule has 39 heavy (non-hydrogen) atoms. The van der Waals surface area contributed by atoms with Gasteiger partial charge in [-0.05, 0) is 0 Å². The predicted molar refractivity (Wildman–Crippen MR) is 192 cm³/mol. The number of hydrogen-bond acceptors (Lipinski definition) is 0. The normalized spacial score (nSPS) is 23.2. The van der Waals surface area contributed by atoms with Crippen LogP contribution in [0.4, 0.5) is 0 Å². The molecule has 2 aliphatic heterocycles. The van der Waals surface area contributed by atoms with E-state index < -0.39 is 39.6 Å². The fourth-order valence-corrected chi connectivity index (χ4v) is 23.0. The third-order valence-electron chi connectivity index (χ3n) is 10.8. The van der Waals surface area contributed by atoms with Crippen molar-refractivity contribution in [2.24, 2.45) is 11.8 Å². The molecule has 2 atom stereocenters. The molecular weight excluding hydrogens is 698 g/mol. The van der Waals surface area contributed by atoms with Crippen LogP contribution >= 0.6 is 39.6 Å². The third kappa shape index (κ3) is 6.67. The van der Waals surface area contributed by atoms with Gasteiger partial charge in [-0.15, -0.1) is 0 Å². The van der Waals surface area contributed by atoms with Gasteiger partial charge in [0.2, 0.25) is 0 Å². The van der Waals surface area contributed by atoms with Crippen LogP contribution in [0.2, 0.25) is 0 Å².